The molecule has 1 aliphatic rings. The molecular formula is C18H18N4O2S. The molecule has 1 atom stereocenters. The van der Waals surface area contributed by atoms with E-state index in [1.165, 1.54) is 0 Å². The van der Waals surface area contributed by atoms with Crippen LogP contribution in [0.1, 0.15) is 17.7 Å². The number of nitrogen functional groups attached to an aromatic ring is 2. The fourth-order valence-electron chi connectivity index (χ4n) is 3.43. The lowest BCUT2D eigenvalue weighted by Crippen LogP contribution is -2.30. The zero-order valence-corrected chi connectivity index (χ0v) is 14.3. The van der Waals surface area contributed by atoms with E-state index in [2.05, 4.69) is 9.97 Å². The van der Waals surface area contributed by atoms with Crippen molar-refractivity contribution in [2.45, 2.75) is 29.4 Å². The molecule has 0 bridgehead atoms. The van der Waals surface area contributed by atoms with Crippen LogP contribution in [0.15, 0.2) is 47.4 Å². The zero-order chi connectivity index (χ0) is 17.6. The smallest absolute Gasteiger partial charge is 0.222 e. The first-order valence-electron chi connectivity index (χ1n) is 8.08. The minimum atomic E-state index is -3.47. The quantitative estimate of drug-likeness (QED) is 0.729. The number of fused-ring (bicyclic) bond motifs is 2. The topological polar surface area (TPSA) is 112 Å². The second kappa shape index (κ2) is 5.70. The largest absolute Gasteiger partial charge is 0.383 e. The molecule has 0 radical (unpaired) electrons. The highest BCUT2D eigenvalue weighted by molar-refractivity contribution is 7.92. The number of aryl methyl sites for hydroxylation is 1. The predicted octanol–water partition coefficient (Wildman–Crippen LogP) is 2.13. The number of nitrogens with two attached hydrogens (primary N) is 2. The summed E-state index contributed by atoms with van der Waals surface area (Å²) in [6.07, 6.45) is 1.35. The predicted molar refractivity (Wildman–Crippen MR) is 97.8 cm³/mol. The van der Waals surface area contributed by atoms with Gasteiger partial charge in [-0.3, -0.25) is 0 Å². The fourth-order valence-corrected chi connectivity index (χ4v) is 5.18. The van der Waals surface area contributed by atoms with E-state index in [0.29, 0.717) is 29.7 Å². The van der Waals surface area contributed by atoms with Gasteiger partial charge in [-0.2, -0.15) is 4.98 Å². The van der Waals surface area contributed by atoms with Gasteiger partial charge in [-0.05, 0) is 42.2 Å². The molecule has 4 rings (SSSR count). The lowest BCUT2D eigenvalue weighted by Gasteiger charge is -2.25. The van der Waals surface area contributed by atoms with Gasteiger partial charge in [-0.15, -0.1) is 0 Å². The Balaban J connectivity index is 1.72. The standard InChI is InChI=1S/C18H18N4O2S/c19-17-15-10-14(7-8-16(15)21-18(20)22-17)25(23,24)13-6-5-11-3-1-2-4-12(11)9-13/h1-6,9,14H,7-8,10H2,(H4,19,20,21,22)/t14-/m1/s1. The van der Waals surface area contributed by atoms with Gasteiger partial charge in [0, 0.05) is 5.56 Å². The highest BCUT2D eigenvalue weighted by Crippen LogP contribution is 2.32. The number of aromatic nitrogens is 2. The summed E-state index contributed by atoms with van der Waals surface area (Å²) in [5, 5.41) is 1.40. The molecule has 0 spiro atoms. The Kier molecular flexibility index (Phi) is 3.61. The van der Waals surface area contributed by atoms with Crippen LogP contribution in [0.2, 0.25) is 0 Å². The molecule has 7 heteroatoms. The number of sulfone groups is 1. The summed E-state index contributed by atoms with van der Waals surface area (Å²) in [7, 11) is -3.47. The zero-order valence-electron chi connectivity index (χ0n) is 13.5. The maximum atomic E-state index is 13.1. The van der Waals surface area contributed by atoms with Gasteiger partial charge in [0.05, 0.1) is 15.8 Å². The second-order valence-electron chi connectivity index (χ2n) is 6.31. The van der Waals surface area contributed by atoms with Crippen molar-refractivity contribution in [3.63, 3.8) is 0 Å². The van der Waals surface area contributed by atoms with Crippen molar-refractivity contribution >= 4 is 32.4 Å². The molecule has 0 saturated heterocycles. The van der Waals surface area contributed by atoms with Crippen LogP contribution >= 0.6 is 0 Å². The Morgan fingerprint density at radius 1 is 1.00 bits per heavy atom. The highest BCUT2D eigenvalue weighted by Gasteiger charge is 2.33. The van der Waals surface area contributed by atoms with E-state index in [9.17, 15) is 8.42 Å². The summed E-state index contributed by atoms with van der Waals surface area (Å²) in [5.74, 6) is 0.410. The Morgan fingerprint density at radius 3 is 2.56 bits per heavy atom. The van der Waals surface area contributed by atoms with Gasteiger partial charge in [0.2, 0.25) is 5.95 Å². The van der Waals surface area contributed by atoms with Crippen LogP contribution in [0.25, 0.3) is 10.8 Å². The molecule has 1 heterocycles. The van der Waals surface area contributed by atoms with Crippen LogP contribution in [0.5, 0.6) is 0 Å². The van der Waals surface area contributed by atoms with Gasteiger partial charge < -0.3 is 11.5 Å². The Hall–Kier alpha value is -2.67. The summed E-state index contributed by atoms with van der Waals surface area (Å²) >= 11 is 0. The van der Waals surface area contributed by atoms with E-state index < -0.39 is 15.1 Å². The summed E-state index contributed by atoms with van der Waals surface area (Å²) in [6.45, 7) is 0. The normalized spacial score (nSPS) is 17.4. The third-order valence-electron chi connectivity index (χ3n) is 4.77. The minimum Gasteiger partial charge on any atom is -0.383 e. The van der Waals surface area contributed by atoms with Gasteiger partial charge in [0.15, 0.2) is 9.84 Å². The van der Waals surface area contributed by atoms with Crippen LogP contribution in [-0.2, 0) is 22.7 Å². The van der Waals surface area contributed by atoms with Crippen molar-refractivity contribution in [3.8, 4) is 0 Å². The monoisotopic (exact) mass is 354 g/mol. The second-order valence-corrected chi connectivity index (χ2v) is 8.54. The van der Waals surface area contributed by atoms with Crippen molar-refractivity contribution in [2.75, 3.05) is 11.5 Å². The SMILES string of the molecule is Nc1nc(N)c2c(n1)CC[C@@H](S(=O)(=O)c1ccc3ccccc3c1)C2. The maximum Gasteiger partial charge on any atom is 0.222 e. The molecule has 1 aliphatic carbocycles. The van der Waals surface area contributed by atoms with E-state index in [1.807, 2.05) is 30.3 Å². The molecule has 3 aromatic rings. The molecular weight excluding hydrogens is 336 g/mol. The summed E-state index contributed by atoms with van der Waals surface area (Å²) in [4.78, 5) is 8.51. The number of anilines is 2. The molecule has 4 N–H and O–H groups in total. The van der Waals surface area contributed by atoms with E-state index in [1.54, 1.807) is 12.1 Å². The summed E-state index contributed by atoms with van der Waals surface area (Å²) in [6, 6.07) is 13.0. The van der Waals surface area contributed by atoms with E-state index >= 15 is 0 Å². The van der Waals surface area contributed by atoms with Gasteiger partial charge in [0.25, 0.3) is 0 Å². The van der Waals surface area contributed by atoms with Crippen molar-refractivity contribution < 1.29 is 8.42 Å². The molecule has 2 aromatic carbocycles. The van der Waals surface area contributed by atoms with Crippen molar-refractivity contribution in [1.82, 2.24) is 9.97 Å². The highest BCUT2D eigenvalue weighted by atomic mass is 32.2. The molecule has 0 aliphatic heterocycles. The Labute approximate surface area is 145 Å². The molecule has 25 heavy (non-hydrogen) atoms. The number of hydrogen-bond donors (Lipinski definition) is 2. The molecule has 0 saturated carbocycles. The Bertz CT molecular complexity index is 1080. The van der Waals surface area contributed by atoms with Crippen molar-refractivity contribution in [2.24, 2.45) is 0 Å². The van der Waals surface area contributed by atoms with Crippen LogP contribution in [0, 0.1) is 0 Å². The maximum absolute atomic E-state index is 13.1. The lowest BCUT2D eigenvalue weighted by molar-refractivity contribution is 0.559. The third kappa shape index (κ3) is 2.70. The van der Waals surface area contributed by atoms with Crippen LogP contribution in [-0.4, -0.2) is 23.6 Å². The van der Waals surface area contributed by atoms with Crippen molar-refractivity contribution in [1.29, 1.82) is 0 Å². The van der Waals surface area contributed by atoms with E-state index in [-0.39, 0.29) is 11.8 Å². The first-order valence-corrected chi connectivity index (χ1v) is 9.63. The molecule has 0 unspecified atom stereocenters. The van der Waals surface area contributed by atoms with Gasteiger partial charge >= 0.3 is 0 Å². The van der Waals surface area contributed by atoms with E-state index in [4.69, 9.17) is 11.5 Å². The van der Waals surface area contributed by atoms with Gasteiger partial charge in [-0.1, -0.05) is 30.3 Å². The molecule has 1 aromatic heterocycles. The number of rotatable bonds is 2. The van der Waals surface area contributed by atoms with Crippen LogP contribution in [0.4, 0.5) is 11.8 Å². The van der Waals surface area contributed by atoms with E-state index in [0.717, 1.165) is 16.5 Å². The first-order chi connectivity index (χ1) is 11.9. The number of hydrogen-bond acceptors (Lipinski definition) is 6. The van der Waals surface area contributed by atoms with Crippen LogP contribution in [0.3, 0.4) is 0 Å². The minimum absolute atomic E-state index is 0.132. The number of benzene rings is 2. The molecule has 128 valence electrons. The number of nitrogens with zero attached hydrogens (tertiary/aromatic N) is 2. The lowest BCUT2D eigenvalue weighted by atomic mass is 9.96. The molecule has 6 nitrogen and oxygen atoms in total. The third-order valence-corrected chi connectivity index (χ3v) is 6.96. The average molecular weight is 354 g/mol. The van der Waals surface area contributed by atoms with Crippen molar-refractivity contribution in [3.05, 3.63) is 53.7 Å². The van der Waals surface area contributed by atoms with Crippen LogP contribution < -0.4 is 11.5 Å². The van der Waals surface area contributed by atoms with Gasteiger partial charge in [-0.25, -0.2) is 13.4 Å². The summed E-state index contributed by atoms with van der Waals surface area (Å²) in [5.41, 5.74) is 13.0. The van der Waals surface area contributed by atoms with Gasteiger partial charge in [0.1, 0.15) is 5.82 Å². The molecule has 0 amide bonds. The molecule has 0 fully saturated rings. The Morgan fingerprint density at radius 2 is 1.76 bits per heavy atom. The fraction of sp³-hybridized carbons (Fsp3) is 0.222. The first kappa shape index (κ1) is 15.8. The summed E-state index contributed by atoms with van der Waals surface area (Å²) < 4.78 is 26.2. The average Bonchev–Trinajstić information content (AvgIpc) is 2.60.